The first kappa shape index (κ1) is 14.1. The summed E-state index contributed by atoms with van der Waals surface area (Å²) in [5.74, 6) is 0.957. The molecule has 0 spiro atoms. The maximum absolute atomic E-state index is 3.72. The Kier molecular flexibility index (Phi) is 5.10. The first-order valence-corrected chi connectivity index (χ1v) is 8.42. The molecule has 0 bridgehead atoms. The summed E-state index contributed by atoms with van der Waals surface area (Å²) in [7, 11) is 0. The molecule has 0 amide bonds. The normalized spacial score (nSPS) is 26.3. The lowest BCUT2D eigenvalue weighted by Gasteiger charge is -2.30. The van der Waals surface area contributed by atoms with Crippen LogP contribution in [0.5, 0.6) is 0 Å². The smallest absolute Gasteiger partial charge is 0.0449 e. The van der Waals surface area contributed by atoms with Crippen LogP contribution < -0.4 is 5.32 Å². The number of benzene rings is 1. The summed E-state index contributed by atoms with van der Waals surface area (Å²) in [4.78, 5) is 2.72. The van der Waals surface area contributed by atoms with Crippen molar-refractivity contribution in [2.75, 3.05) is 26.2 Å². The zero-order valence-corrected chi connectivity index (χ0v) is 12.6. The lowest BCUT2D eigenvalue weighted by molar-refractivity contribution is 0.198. The topological polar surface area (TPSA) is 15.3 Å². The summed E-state index contributed by atoms with van der Waals surface area (Å²) in [5, 5.41) is 3.72. The third-order valence-electron chi connectivity index (χ3n) is 4.93. The van der Waals surface area contributed by atoms with Gasteiger partial charge in [0.1, 0.15) is 0 Å². The van der Waals surface area contributed by atoms with Crippen molar-refractivity contribution in [1.29, 1.82) is 0 Å². The molecule has 1 heterocycles. The quantitative estimate of drug-likeness (QED) is 0.904. The van der Waals surface area contributed by atoms with Gasteiger partial charge in [0.25, 0.3) is 0 Å². The van der Waals surface area contributed by atoms with Crippen molar-refractivity contribution >= 4 is 0 Å². The number of hydrogen-bond donors (Lipinski definition) is 1. The summed E-state index contributed by atoms with van der Waals surface area (Å²) < 4.78 is 0. The number of rotatable bonds is 3. The Morgan fingerprint density at radius 2 is 1.80 bits per heavy atom. The van der Waals surface area contributed by atoms with Gasteiger partial charge in [-0.15, -0.1) is 0 Å². The van der Waals surface area contributed by atoms with E-state index in [9.17, 15) is 0 Å². The van der Waals surface area contributed by atoms with Gasteiger partial charge in [0, 0.05) is 19.1 Å². The minimum absolute atomic E-state index is 0.516. The Bertz CT molecular complexity index is 384. The highest BCUT2D eigenvalue weighted by molar-refractivity contribution is 5.19. The molecule has 2 fully saturated rings. The average molecular weight is 272 g/mol. The molecule has 3 rings (SSSR count). The molecule has 2 nitrogen and oxygen atoms in total. The third-order valence-corrected chi connectivity index (χ3v) is 4.93. The van der Waals surface area contributed by atoms with E-state index in [0.29, 0.717) is 6.04 Å². The summed E-state index contributed by atoms with van der Waals surface area (Å²) in [5.41, 5.74) is 1.45. The maximum atomic E-state index is 3.72. The monoisotopic (exact) mass is 272 g/mol. The highest BCUT2D eigenvalue weighted by Crippen LogP contribution is 2.26. The number of nitrogens with zero attached hydrogens (tertiary/aromatic N) is 1. The lowest BCUT2D eigenvalue weighted by Crippen LogP contribution is -2.35. The van der Waals surface area contributed by atoms with Gasteiger partial charge >= 0.3 is 0 Å². The van der Waals surface area contributed by atoms with E-state index in [4.69, 9.17) is 0 Å². The Morgan fingerprint density at radius 3 is 2.60 bits per heavy atom. The molecule has 0 aromatic heterocycles. The van der Waals surface area contributed by atoms with E-state index < -0.39 is 0 Å². The fraction of sp³-hybridized carbons (Fsp3) is 0.667. The zero-order chi connectivity index (χ0) is 13.6. The van der Waals surface area contributed by atoms with Gasteiger partial charge in [-0.3, -0.25) is 0 Å². The second kappa shape index (κ2) is 7.24. The van der Waals surface area contributed by atoms with Crippen LogP contribution in [0.15, 0.2) is 30.3 Å². The van der Waals surface area contributed by atoms with Crippen molar-refractivity contribution in [3.05, 3.63) is 35.9 Å². The molecule has 2 aliphatic rings. The van der Waals surface area contributed by atoms with Crippen molar-refractivity contribution < 1.29 is 0 Å². The van der Waals surface area contributed by atoms with Crippen LogP contribution in [0.1, 0.15) is 50.1 Å². The van der Waals surface area contributed by atoms with Crippen molar-refractivity contribution in [2.24, 2.45) is 5.92 Å². The van der Waals surface area contributed by atoms with Gasteiger partial charge in [0.2, 0.25) is 0 Å². The van der Waals surface area contributed by atoms with E-state index in [1.54, 1.807) is 0 Å². The molecule has 1 aliphatic carbocycles. The van der Waals surface area contributed by atoms with Gasteiger partial charge in [-0.05, 0) is 43.8 Å². The molecular weight excluding hydrogens is 244 g/mol. The molecule has 20 heavy (non-hydrogen) atoms. The fourth-order valence-corrected chi connectivity index (χ4v) is 3.80. The van der Waals surface area contributed by atoms with Crippen LogP contribution in [0.4, 0.5) is 0 Å². The standard InChI is InChI=1S/C18H28N2/c1-3-8-16(9-4-1)14-20-13-7-12-19-18(15-20)17-10-5-2-6-11-17/h2,5-6,10-11,16,18-19H,1,3-4,7-9,12-15H2. The molecule has 1 saturated heterocycles. The van der Waals surface area contributed by atoms with Crippen LogP contribution in [0.25, 0.3) is 0 Å². The molecule has 0 radical (unpaired) electrons. The highest BCUT2D eigenvalue weighted by Gasteiger charge is 2.22. The maximum Gasteiger partial charge on any atom is 0.0449 e. The van der Waals surface area contributed by atoms with Crippen LogP contribution >= 0.6 is 0 Å². The molecule has 1 aromatic carbocycles. The molecule has 1 aromatic rings. The van der Waals surface area contributed by atoms with Gasteiger partial charge in [-0.25, -0.2) is 0 Å². The first-order valence-electron chi connectivity index (χ1n) is 8.42. The molecule has 1 saturated carbocycles. The fourth-order valence-electron chi connectivity index (χ4n) is 3.80. The van der Waals surface area contributed by atoms with Crippen molar-refractivity contribution in [1.82, 2.24) is 10.2 Å². The van der Waals surface area contributed by atoms with E-state index in [-0.39, 0.29) is 0 Å². The molecular formula is C18H28N2. The highest BCUT2D eigenvalue weighted by atomic mass is 15.2. The Labute approximate surface area is 123 Å². The molecule has 1 N–H and O–H groups in total. The Hall–Kier alpha value is -0.860. The van der Waals surface area contributed by atoms with E-state index in [0.717, 1.165) is 12.5 Å². The summed E-state index contributed by atoms with van der Waals surface area (Å²) in [6.07, 6.45) is 8.58. The van der Waals surface area contributed by atoms with E-state index in [1.165, 1.54) is 63.7 Å². The van der Waals surface area contributed by atoms with Gasteiger partial charge in [0.05, 0.1) is 0 Å². The molecule has 1 aliphatic heterocycles. The van der Waals surface area contributed by atoms with Crippen molar-refractivity contribution in [3.8, 4) is 0 Å². The van der Waals surface area contributed by atoms with Crippen LogP contribution in [-0.2, 0) is 0 Å². The predicted octanol–water partition coefficient (Wildman–Crippen LogP) is 3.60. The van der Waals surface area contributed by atoms with Crippen molar-refractivity contribution in [3.63, 3.8) is 0 Å². The van der Waals surface area contributed by atoms with Gasteiger partial charge in [0.15, 0.2) is 0 Å². The van der Waals surface area contributed by atoms with Crippen LogP contribution in [0, 0.1) is 5.92 Å². The summed E-state index contributed by atoms with van der Waals surface area (Å²) >= 11 is 0. The third kappa shape index (κ3) is 3.83. The van der Waals surface area contributed by atoms with Gasteiger partial charge in [-0.2, -0.15) is 0 Å². The Morgan fingerprint density at radius 1 is 1.00 bits per heavy atom. The predicted molar refractivity (Wildman–Crippen MR) is 84.8 cm³/mol. The molecule has 2 heteroatoms. The molecule has 1 unspecified atom stereocenters. The SMILES string of the molecule is c1ccc(C2CN(CC3CCCCC3)CCCN2)cc1. The number of nitrogens with one attached hydrogen (secondary N) is 1. The first-order chi connectivity index (χ1) is 9.92. The van der Waals surface area contributed by atoms with Crippen LogP contribution in [0.2, 0.25) is 0 Å². The second-order valence-corrected chi connectivity index (χ2v) is 6.53. The van der Waals surface area contributed by atoms with Crippen LogP contribution in [0.3, 0.4) is 0 Å². The molecule has 110 valence electrons. The van der Waals surface area contributed by atoms with Crippen molar-refractivity contribution in [2.45, 2.75) is 44.6 Å². The number of hydrogen-bond acceptors (Lipinski definition) is 2. The zero-order valence-electron chi connectivity index (χ0n) is 12.6. The summed E-state index contributed by atoms with van der Waals surface area (Å²) in [6.45, 7) is 4.93. The van der Waals surface area contributed by atoms with E-state index in [2.05, 4.69) is 40.5 Å². The van der Waals surface area contributed by atoms with Gasteiger partial charge in [-0.1, -0.05) is 49.6 Å². The minimum Gasteiger partial charge on any atom is -0.309 e. The van der Waals surface area contributed by atoms with Gasteiger partial charge < -0.3 is 10.2 Å². The lowest BCUT2D eigenvalue weighted by atomic mass is 9.89. The largest absolute Gasteiger partial charge is 0.309 e. The van der Waals surface area contributed by atoms with Crippen LogP contribution in [-0.4, -0.2) is 31.1 Å². The summed E-state index contributed by atoms with van der Waals surface area (Å²) in [6, 6.07) is 11.5. The van der Waals surface area contributed by atoms with E-state index >= 15 is 0 Å². The minimum atomic E-state index is 0.516. The second-order valence-electron chi connectivity index (χ2n) is 6.53. The van der Waals surface area contributed by atoms with E-state index in [1.807, 2.05) is 0 Å². The average Bonchev–Trinajstić information content (AvgIpc) is 2.75. The Balaban J connectivity index is 1.60. The molecule has 1 atom stereocenters.